The number of rotatable bonds is 2. The second-order valence-electron chi connectivity index (χ2n) is 2.57. The molecule has 0 N–H and O–H groups in total. The minimum absolute atomic E-state index is 0.250. The van der Waals surface area contributed by atoms with Crippen LogP contribution in [-0.2, 0) is 25.8 Å². The van der Waals surface area contributed by atoms with Gasteiger partial charge >= 0.3 is 40.5 Å². The van der Waals surface area contributed by atoms with Gasteiger partial charge in [0.25, 0.3) is 0 Å². The maximum absolute atomic E-state index is 4.89. The molecule has 0 radical (unpaired) electrons. The predicted molar refractivity (Wildman–Crippen MR) is 82.6 cm³/mol. The minimum atomic E-state index is -0.250. The standard InChI is InChI=1S/C9H11N3S2.2BrH.Zn/c1-7(11-12-9(13)14-2)8-5-3-4-6-10-8;;;/h3-6H,1-2H3,(H,12,13);2*1H;/q;;;+2/p-3. The van der Waals surface area contributed by atoms with Crippen LogP contribution in [0.25, 0.3) is 0 Å². The normalized spacial score (nSPS) is 11.3. The monoisotopic (exact) mass is 446 g/mol. The molecule has 0 fully saturated rings. The summed E-state index contributed by atoms with van der Waals surface area (Å²) in [6.45, 7) is 1.86. The SMILES string of the molecule is CSC([S-])=NN=C(C)c1ccccn1.[Br][Zn][Br]. The Balaban J connectivity index is 0.000000770. The number of thioether (sulfide) groups is 1. The van der Waals surface area contributed by atoms with E-state index < -0.39 is 0 Å². The number of hydrogen-bond donors (Lipinski definition) is 0. The van der Waals surface area contributed by atoms with Crippen LogP contribution in [0.2, 0.25) is 0 Å². The number of aromatic nitrogens is 1. The summed E-state index contributed by atoms with van der Waals surface area (Å²) < 4.78 is 0.528. The summed E-state index contributed by atoms with van der Waals surface area (Å²) in [6, 6.07) is 5.66. The van der Waals surface area contributed by atoms with Crippen molar-refractivity contribution in [2.45, 2.75) is 6.92 Å². The maximum atomic E-state index is 4.89. The summed E-state index contributed by atoms with van der Waals surface area (Å²) in [6.07, 6.45) is 3.60. The van der Waals surface area contributed by atoms with Crippen molar-refractivity contribution >= 4 is 61.7 Å². The molecule has 1 aromatic rings. The molecule has 0 spiro atoms. The summed E-state index contributed by atoms with van der Waals surface area (Å²) in [7, 11) is 0. The van der Waals surface area contributed by atoms with Crippen LogP contribution in [0, 0.1) is 0 Å². The molecule has 0 bridgehead atoms. The fourth-order valence-corrected chi connectivity index (χ4v) is 0.948. The van der Waals surface area contributed by atoms with E-state index in [4.69, 9.17) is 12.6 Å². The Morgan fingerprint density at radius 1 is 1.41 bits per heavy atom. The molecule has 3 nitrogen and oxygen atoms in total. The third-order valence-corrected chi connectivity index (χ3v) is 2.50. The van der Waals surface area contributed by atoms with Gasteiger partial charge in [-0.05, 0) is 29.7 Å². The van der Waals surface area contributed by atoms with Gasteiger partial charge < -0.3 is 12.6 Å². The molecular formula is C9H10Br2N3S2Zn-. The van der Waals surface area contributed by atoms with Crippen LogP contribution in [0.1, 0.15) is 12.6 Å². The molecule has 0 aliphatic rings. The summed E-state index contributed by atoms with van der Waals surface area (Å²) in [4.78, 5) is 4.14. The van der Waals surface area contributed by atoms with E-state index in [-0.39, 0.29) is 13.2 Å². The molecule has 1 rings (SSSR count). The molecule has 0 amide bonds. The zero-order chi connectivity index (χ0) is 13.1. The van der Waals surface area contributed by atoms with Crippen LogP contribution in [0.15, 0.2) is 34.6 Å². The van der Waals surface area contributed by atoms with Gasteiger partial charge in [0.1, 0.15) is 0 Å². The van der Waals surface area contributed by atoms with Crippen molar-refractivity contribution in [3.05, 3.63) is 30.1 Å². The summed E-state index contributed by atoms with van der Waals surface area (Å²) in [5.74, 6) is 0. The van der Waals surface area contributed by atoms with Crippen LogP contribution in [0.3, 0.4) is 0 Å². The number of hydrogen-bond acceptors (Lipinski definition) is 5. The van der Waals surface area contributed by atoms with Crippen molar-refractivity contribution in [1.29, 1.82) is 0 Å². The quantitative estimate of drug-likeness (QED) is 0.227. The Bertz CT molecular complexity index is 374. The average Bonchev–Trinajstić information content (AvgIpc) is 2.37. The molecule has 8 heteroatoms. The number of nitrogens with zero attached hydrogens (tertiary/aromatic N) is 3. The molecule has 0 saturated carbocycles. The van der Waals surface area contributed by atoms with Gasteiger partial charge in [-0.2, -0.15) is 10.2 Å². The third-order valence-electron chi connectivity index (χ3n) is 1.49. The molecule has 0 aliphatic heterocycles. The van der Waals surface area contributed by atoms with E-state index in [9.17, 15) is 0 Å². The Morgan fingerprint density at radius 3 is 2.53 bits per heavy atom. The van der Waals surface area contributed by atoms with Gasteiger partial charge in [-0.1, -0.05) is 6.07 Å². The summed E-state index contributed by atoms with van der Waals surface area (Å²) >= 11 is 12.5. The first-order valence-electron chi connectivity index (χ1n) is 4.52. The van der Waals surface area contributed by atoms with Crippen molar-refractivity contribution in [1.82, 2.24) is 4.98 Å². The van der Waals surface area contributed by atoms with E-state index in [0.717, 1.165) is 11.4 Å². The fraction of sp³-hybridized carbons (Fsp3) is 0.222. The van der Waals surface area contributed by atoms with Gasteiger partial charge in [0.05, 0.1) is 11.4 Å². The van der Waals surface area contributed by atoms with Crippen LogP contribution < -0.4 is 0 Å². The first-order valence-corrected chi connectivity index (χ1v) is 20.0. The van der Waals surface area contributed by atoms with Crippen molar-refractivity contribution in [3.8, 4) is 0 Å². The Hall–Kier alpha value is 0.643. The van der Waals surface area contributed by atoms with Crippen molar-refractivity contribution in [3.63, 3.8) is 0 Å². The first-order chi connectivity index (χ1) is 8.15. The zero-order valence-electron chi connectivity index (χ0n) is 9.43. The summed E-state index contributed by atoms with van der Waals surface area (Å²) in [5.41, 5.74) is 1.59. The Morgan fingerprint density at radius 2 is 2.06 bits per heavy atom. The second kappa shape index (κ2) is 11.7. The van der Waals surface area contributed by atoms with E-state index in [1.165, 1.54) is 11.8 Å². The first kappa shape index (κ1) is 17.6. The van der Waals surface area contributed by atoms with Gasteiger partial charge in [-0.15, -0.1) is 11.8 Å². The van der Waals surface area contributed by atoms with Crippen LogP contribution in [-0.4, -0.2) is 21.3 Å². The molecule has 0 aliphatic carbocycles. The Labute approximate surface area is 132 Å². The molecular weight excluding hydrogens is 439 g/mol. The van der Waals surface area contributed by atoms with E-state index in [2.05, 4.69) is 42.4 Å². The van der Waals surface area contributed by atoms with Crippen molar-refractivity contribution in [2.75, 3.05) is 6.26 Å². The van der Waals surface area contributed by atoms with Gasteiger partial charge in [0.15, 0.2) is 0 Å². The average molecular weight is 450 g/mol. The molecule has 0 atom stereocenters. The van der Waals surface area contributed by atoms with Gasteiger partial charge in [-0.25, -0.2) is 0 Å². The predicted octanol–water partition coefficient (Wildman–Crippen LogP) is 3.76. The van der Waals surface area contributed by atoms with Crippen molar-refractivity contribution < 1.29 is 13.2 Å². The molecule has 1 heterocycles. The third kappa shape index (κ3) is 9.25. The molecule has 0 aromatic carbocycles. The van der Waals surface area contributed by atoms with E-state index >= 15 is 0 Å². The Kier molecular flexibility index (Phi) is 12.2. The van der Waals surface area contributed by atoms with Crippen LogP contribution >= 0.6 is 39.0 Å². The molecule has 0 saturated heterocycles. The second-order valence-corrected chi connectivity index (χ2v) is 18.1. The molecule has 90 valence electrons. The van der Waals surface area contributed by atoms with E-state index in [1.807, 2.05) is 31.4 Å². The van der Waals surface area contributed by atoms with Gasteiger partial charge in [-0.3, -0.25) is 4.98 Å². The van der Waals surface area contributed by atoms with E-state index in [0.29, 0.717) is 4.38 Å². The van der Waals surface area contributed by atoms with Gasteiger partial charge in [0.2, 0.25) is 0 Å². The van der Waals surface area contributed by atoms with E-state index in [1.54, 1.807) is 6.20 Å². The topological polar surface area (TPSA) is 37.6 Å². The zero-order valence-corrected chi connectivity index (χ0v) is 17.2. The van der Waals surface area contributed by atoms with Crippen molar-refractivity contribution in [2.24, 2.45) is 10.2 Å². The summed E-state index contributed by atoms with van der Waals surface area (Å²) in [5, 5.41) is 7.84. The number of pyridine rings is 1. The van der Waals surface area contributed by atoms with Crippen LogP contribution in [0.4, 0.5) is 0 Å². The molecule has 0 unspecified atom stereocenters. The number of halogens is 2. The molecule has 17 heavy (non-hydrogen) atoms. The fourth-order valence-electron chi connectivity index (χ4n) is 0.785. The molecule has 1 aromatic heterocycles. The van der Waals surface area contributed by atoms with Gasteiger partial charge in [0, 0.05) is 6.20 Å². The van der Waals surface area contributed by atoms with Crippen LogP contribution in [0.5, 0.6) is 0 Å².